The third-order valence-corrected chi connectivity index (χ3v) is 3.43. The summed E-state index contributed by atoms with van der Waals surface area (Å²) in [4.78, 5) is 11.1. The maximum Gasteiger partial charge on any atom is 0.508 e. The Morgan fingerprint density at radius 2 is 2.53 bits per heavy atom. The van der Waals surface area contributed by atoms with Crippen molar-refractivity contribution in [3.8, 4) is 0 Å². The van der Waals surface area contributed by atoms with Crippen molar-refractivity contribution in [2.24, 2.45) is 11.3 Å². The summed E-state index contributed by atoms with van der Waals surface area (Å²) >= 11 is 0. The summed E-state index contributed by atoms with van der Waals surface area (Å²) < 4.78 is 9.82. The number of hydrogen-bond acceptors (Lipinski definition) is 3. The second kappa shape index (κ2) is 3.72. The number of allylic oxidation sites excluding steroid dienone is 2. The van der Waals surface area contributed by atoms with Crippen LogP contribution in [0, 0.1) is 11.3 Å². The lowest BCUT2D eigenvalue weighted by molar-refractivity contribution is 0.00349. The first-order valence-electron chi connectivity index (χ1n) is 5.25. The number of methoxy groups -OCH3 is 1. The van der Waals surface area contributed by atoms with E-state index in [0.29, 0.717) is 5.92 Å². The number of ether oxygens (including phenoxy) is 2. The molecule has 15 heavy (non-hydrogen) atoms. The van der Waals surface area contributed by atoms with E-state index < -0.39 is 6.16 Å². The number of carbonyl (C=O) groups is 1. The normalized spacial score (nSPS) is 36.6. The summed E-state index contributed by atoms with van der Waals surface area (Å²) in [6, 6.07) is 0. The number of rotatable bonds is 3. The molecule has 2 aliphatic rings. The summed E-state index contributed by atoms with van der Waals surface area (Å²) in [6.45, 7) is 3.76. The van der Waals surface area contributed by atoms with Crippen molar-refractivity contribution in [2.75, 3.05) is 7.11 Å². The van der Waals surface area contributed by atoms with Crippen LogP contribution >= 0.6 is 0 Å². The Hall–Kier alpha value is -1.25. The summed E-state index contributed by atoms with van der Waals surface area (Å²) in [5, 5.41) is 0. The Labute approximate surface area is 89.8 Å². The summed E-state index contributed by atoms with van der Waals surface area (Å²) in [5.41, 5.74) is -0.0133. The van der Waals surface area contributed by atoms with Crippen molar-refractivity contribution in [3.63, 3.8) is 0 Å². The maximum absolute atomic E-state index is 11.1. The molecule has 0 N–H and O–H groups in total. The minimum absolute atomic E-state index is 0.0133. The Balaban J connectivity index is 2.09. The van der Waals surface area contributed by atoms with E-state index in [1.807, 2.05) is 6.08 Å². The van der Waals surface area contributed by atoms with Gasteiger partial charge < -0.3 is 9.47 Å². The molecule has 3 heteroatoms. The highest BCUT2D eigenvalue weighted by Crippen LogP contribution is 2.52. The standard InChI is InChI=1S/C12H16O3/c1-3-5-12-6-4-9(8-12)7-10(12)15-11(13)14-2/h3-4,6,9-10H,1,5,7-8H2,2H3. The second-order valence-electron chi connectivity index (χ2n) is 4.35. The molecule has 82 valence electrons. The van der Waals surface area contributed by atoms with Crippen LogP contribution in [-0.2, 0) is 9.47 Å². The molecule has 0 amide bonds. The molecule has 0 radical (unpaired) electrons. The van der Waals surface area contributed by atoms with Gasteiger partial charge in [0.2, 0.25) is 0 Å². The first-order chi connectivity index (χ1) is 7.20. The molecular formula is C12H16O3. The van der Waals surface area contributed by atoms with Crippen LogP contribution in [0.2, 0.25) is 0 Å². The highest BCUT2D eigenvalue weighted by molar-refractivity contribution is 5.60. The van der Waals surface area contributed by atoms with Crippen molar-refractivity contribution in [2.45, 2.75) is 25.4 Å². The van der Waals surface area contributed by atoms with Gasteiger partial charge in [-0.25, -0.2) is 4.79 Å². The molecule has 1 fully saturated rings. The minimum Gasteiger partial charge on any atom is -0.438 e. The van der Waals surface area contributed by atoms with Gasteiger partial charge in [-0.3, -0.25) is 0 Å². The van der Waals surface area contributed by atoms with E-state index in [-0.39, 0.29) is 11.5 Å². The lowest BCUT2D eigenvalue weighted by Gasteiger charge is -2.30. The Bertz CT molecular complexity index is 308. The molecule has 0 aromatic carbocycles. The van der Waals surface area contributed by atoms with E-state index in [9.17, 15) is 4.79 Å². The lowest BCUT2D eigenvalue weighted by atomic mass is 9.82. The van der Waals surface area contributed by atoms with Crippen LogP contribution in [0.3, 0.4) is 0 Å². The van der Waals surface area contributed by atoms with Crippen LogP contribution in [0.25, 0.3) is 0 Å². The van der Waals surface area contributed by atoms with Crippen LogP contribution in [0.1, 0.15) is 19.3 Å². The van der Waals surface area contributed by atoms with Gasteiger partial charge in [-0.05, 0) is 25.2 Å². The highest BCUT2D eigenvalue weighted by Gasteiger charge is 2.50. The van der Waals surface area contributed by atoms with E-state index in [4.69, 9.17) is 4.74 Å². The van der Waals surface area contributed by atoms with E-state index in [1.54, 1.807) is 0 Å². The predicted molar refractivity (Wildman–Crippen MR) is 56.4 cm³/mol. The van der Waals surface area contributed by atoms with E-state index in [2.05, 4.69) is 23.5 Å². The molecular weight excluding hydrogens is 192 g/mol. The summed E-state index contributed by atoms with van der Waals surface area (Å²) in [6.07, 6.45) is 8.52. The predicted octanol–water partition coefficient (Wildman–Crippen LogP) is 2.68. The zero-order valence-electron chi connectivity index (χ0n) is 8.94. The van der Waals surface area contributed by atoms with Crippen molar-refractivity contribution in [1.29, 1.82) is 0 Å². The van der Waals surface area contributed by atoms with Crippen molar-refractivity contribution in [3.05, 3.63) is 24.8 Å². The number of hydrogen-bond donors (Lipinski definition) is 0. The SMILES string of the molecule is C=CCC12C=CC(CC1OC(=O)OC)C2. The van der Waals surface area contributed by atoms with E-state index >= 15 is 0 Å². The molecule has 2 rings (SSSR count). The topological polar surface area (TPSA) is 35.5 Å². The van der Waals surface area contributed by atoms with Gasteiger partial charge in [-0.2, -0.15) is 0 Å². The molecule has 2 aliphatic carbocycles. The van der Waals surface area contributed by atoms with Gasteiger partial charge >= 0.3 is 6.16 Å². The zero-order valence-corrected chi connectivity index (χ0v) is 8.94. The molecule has 3 nitrogen and oxygen atoms in total. The van der Waals surface area contributed by atoms with Crippen LogP contribution in [0.4, 0.5) is 4.79 Å². The van der Waals surface area contributed by atoms with Crippen molar-refractivity contribution < 1.29 is 14.3 Å². The van der Waals surface area contributed by atoms with E-state index in [1.165, 1.54) is 7.11 Å². The van der Waals surface area contributed by atoms with Gasteiger partial charge in [-0.1, -0.05) is 18.2 Å². The molecule has 0 aromatic rings. The third kappa shape index (κ3) is 1.66. The lowest BCUT2D eigenvalue weighted by Crippen LogP contribution is -2.32. The van der Waals surface area contributed by atoms with Crippen LogP contribution in [0.15, 0.2) is 24.8 Å². The van der Waals surface area contributed by atoms with Crippen LogP contribution < -0.4 is 0 Å². The Kier molecular flexibility index (Phi) is 2.55. The summed E-state index contributed by atoms with van der Waals surface area (Å²) in [5.74, 6) is 0.555. The first kappa shape index (κ1) is 10.3. The smallest absolute Gasteiger partial charge is 0.438 e. The van der Waals surface area contributed by atoms with Gasteiger partial charge in [0.25, 0.3) is 0 Å². The van der Waals surface area contributed by atoms with Gasteiger partial charge in [0.05, 0.1) is 7.11 Å². The fraction of sp³-hybridized carbons (Fsp3) is 0.583. The monoisotopic (exact) mass is 208 g/mol. The third-order valence-electron chi connectivity index (χ3n) is 3.43. The molecule has 3 unspecified atom stereocenters. The van der Waals surface area contributed by atoms with Gasteiger partial charge in [0, 0.05) is 5.41 Å². The quantitative estimate of drug-likeness (QED) is 0.528. The Morgan fingerprint density at radius 3 is 3.13 bits per heavy atom. The van der Waals surface area contributed by atoms with Gasteiger partial charge in [0.1, 0.15) is 6.10 Å². The molecule has 1 saturated carbocycles. The fourth-order valence-corrected chi connectivity index (χ4v) is 2.74. The minimum atomic E-state index is -0.579. The molecule has 0 heterocycles. The van der Waals surface area contributed by atoms with Crippen molar-refractivity contribution >= 4 is 6.16 Å². The first-order valence-corrected chi connectivity index (χ1v) is 5.25. The molecule has 0 saturated heterocycles. The second-order valence-corrected chi connectivity index (χ2v) is 4.35. The average Bonchev–Trinajstić information content (AvgIpc) is 2.75. The van der Waals surface area contributed by atoms with E-state index in [0.717, 1.165) is 19.3 Å². The van der Waals surface area contributed by atoms with Gasteiger partial charge in [0.15, 0.2) is 0 Å². The largest absolute Gasteiger partial charge is 0.508 e. The van der Waals surface area contributed by atoms with Crippen LogP contribution in [0.5, 0.6) is 0 Å². The zero-order chi connectivity index (χ0) is 10.9. The molecule has 2 bridgehead atoms. The molecule has 3 atom stereocenters. The van der Waals surface area contributed by atoms with Crippen LogP contribution in [-0.4, -0.2) is 19.4 Å². The highest BCUT2D eigenvalue weighted by atomic mass is 16.7. The Morgan fingerprint density at radius 1 is 1.73 bits per heavy atom. The average molecular weight is 208 g/mol. The fourth-order valence-electron chi connectivity index (χ4n) is 2.74. The maximum atomic E-state index is 11.1. The van der Waals surface area contributed by atoms with Gasteiger partial charge in [-0.15, -0.1) is 6.58 Å². The van der Waals surface area contributed by atoms with Crippen molar-refractivity contribution in [1.82, 2.24) is 0 Å². The number of carbonyl (C=O) groups excluding carboxylic acids is 1. The molecule has 0 aromatic heterocycles. The molecule has 0 aliphatic heterocycles. The molecule has 0 spiro atoms. The number of fused-ring (bicyclic) bond motifs is 2. The summed E-state index contributed by atoms with van der Waals surface area (Å²) in [7, 11) is 1.34.